The van der Waals surface area contributed by atoms with E-state index in [1.807, 2.05) is 12.1 Å². The zero-order chi connectivity index (χ0) is 12.4. The molecule has 0 amide bonds. The second kappa shape index (κ2) is 4.93. The zero-order valence-electron chi connectivity index (χ0n) is 10.0. The predicted molar refractivity (Wildman–Crippen MR) is 69.1 cm³/mol. The van der Waals surface area contributed by atoms with Gasteiger partial charge in [0.15, 0.2) is 0 Å². The summed E-state index contributed by atoms with van der Waals surface area (Å²) in [6, 6.07) is 8.05. The maximum Gasteiger partial charge on any atom is 0.232 e. The molecule has 0 aliphatic heterocycles. The molecule has 2 nitrogen and oxygen atoms in total. The lowest BCUT2D eigenvalue weighted by molar-refractivity contribution is 0.181. The molecule has 1 saturated carbocycles. The molecule has 1 N–H and O–H groups in total. The Labute approximate surface area is 104 Å². The molecule has 3 heteroatoms. The SMILES string of the molecule is [B]C1C(O)CC([N+]#[C-])C1c1ccc(CC)cc1. The highest BCUT2D eigenvalue weighted by molar-refractivity contribution is 6.13. The molecule has 1 fully saturated rings. The predicted octanol–water partition coefficient (Wildman–Crippen LogP) is 2.34. The summed E-state index contributed by atoms with van der Waals surface area (Å²) in [7, 11) is 6.00. The highest BCUT2D eigenvalue weighted by atomic mass is 16.3. The van der Waals surface area contributed by atoms with Gasteiger partial charge >= 0.3 is 0 Å². The highest BCUT2D eigenvalue weighted by Gasteiger charge is 2.44. The lowest BCUT2D eigenvalue weighted by Gasteiger charge is -2.18. The topological polar surface area (TPSA) is 24.6 Å². The first-order valence-electron chi connectivity index (χ1n) is 6.06. The normalized spacial score (nSPS) is 32.3. The van der Waals surface area contributed by atoms with E-state index in [-0.39, 0.29) is 17.8 Å². The van der Waals surface area contributed by atoms with Gasteiger partial charge in [0.25, 0.3) is 0 Å². The number of benzene rings is 1. The second-order valence-corrected chi connectivity index (χ2v) is 4.70. The first-order valence-corrected chi connectivity index (χ1v) is 6.06. The van der Waals surface area contributed by atoms with E-state index in [1.54, 1.807) is 0 Å². The fraction of sp³-hybridized carbons (Fsp3) is 0.500. The number of aliphatic hydroxyl groups excluding tert-OH is 1. The molecule has 2 rings (SSSR count). The van der Waals surface area contributed by atoms with Gasteiger partial charge in [0.2, 0.25) is 6.04 Å². The van der Waals surface area contributed by atoms with Crippen LogP contribution in [0.5, 0.6) is 0 Å². The third-order valence-electron chi connectivity index (χ3n) is 3.70. The van der Waals surface area contributed by atoms with Crippen molar-refractivity contribution < 1.29 is 5.11 Å². The van der Waals surface area contributed by atoms with Gasteiger partial charge in [-0.1, -0.05) is 31.2 Å². The number of nitrogens with zero attached hydrogens (tertiary/aromatic N) is 1. The Morgan fingerprint density at radius 1 is 1.41 bits per heavy atom. The van der Waals surface area contributed by atoms with Crippen molar-refractivity contribution in [1.82, 2.24) is 0 Å². The van der Waals surface area contributed by atoms with Gasteiger partial charge in [-0.3, -0.25) is 0 Å². The largest absolute Gasteiger partial charge is 0.393 e. The van der Waals surface area contributed by atoms with Gasteiger partial charge in [0.1, 0.15) is 0 Å². The van der Waals surface area contributed by atoms with Crippen molar-refractivity contribution in [2.45, 2.75) is 43.6 Å². The first kappa shape index (κ1) is 12.2. The molecule has 86 valence electrons. The van der Waals surface area contributed by atoms with Crippen molar-refractivity contribution in [2.24, 2.45) is 0 Å². The van der Waals surface area contributed by atoms with Crippen LogP contribution >= 0.6 is 0 Å². The summed E-state index contributed by atoms with van der Waals surface area (Å²) >= 11 is 0. The molecule has 2 radical (unpaired) electrons. The van der Waals surface area contributed by atoms with Crippen molar-refractivity contribution in [3.05, 3.63) is 46.8 Å². The summed E-state index contributed by atoms with van der Waals surface area (Å²) in [5.74, 6) is -0.352. The second-order valence-electron chi connectivity index (χ2n) is 4.70. The third-order valence-corrected chi connectivity index (χ3v) is 3.70. The molecule has 4 atom stereocenters. The van der Waals surface area contributed by atoms with Crippen LogP contribution in [0.1, 0.15) is 30.4 Å². The molecule has 1 aliphatic rings. The Hall–Kier alpha value is -1.27. The van der Waals surface area contributed by atoms with Gasteiger partial charge < -0.3 is 9.95 Å². The van der Waals surface area contributed by atoms with E-state index in [9.17, 15) is 5.11 Å². The molecule has 17 heavy (non-hydrogen) atoms. The van der Waals surface area contributed by atoms with E-state index < -0.39 is 6.10 Å². The molecule has 0 spiro atoms. The smallest absolute Gasteiger partial charge is 0.232 e. The van der Waals surface area contributed by atoms with Gasteiger partial charge in [0, 0.05) is 6.42 Å². The van der Waals surface area contributed by atoms with E-state index >= 15 is 0 Å². The van der Waals surface area contributed by atoms with Crippen LogP contribution in [0.15, 0.2) is 24.3 Å². The summed E-state index contributed by atoms with van der Waals surface area (Å²) in [5.41, 5.74) is 2.35. The van der Waals surface area contributed by atoms with Crippen molar-refractivity contribution in [3.8, 4) is 0 Å². The van der Waals surface area contributed by atoms with Crippen LogP contribution < -0.4 is 0 Å². The molecule has 0 aromatic heterocycles. The van der Waals surface area contributed by atoms with Gasteiger partial charge in [-0.15, -0.1) is 0 Å². The molecule has 0 saturated heterocycles. The minimum atomic E-state index is -0.551. The van der Waals surface area contributed by atoms with Crippen LogP contribution in [0.25, 0.3) is 4.85 Å². The van der Waals surface area contributed by atoms with Crippen LogP contribution in [-0.4, -0.2) is 25.1 Å². The van der Waals surface area contributed by atoms with Gasteiger partial charge in [-0.25, -0.2) is 6.57 Å². The summed E-state index contributed by atoms with van der Waals surface area (Å²) in [5, 5.41) is 9.76. The third kappa shape index (κ3) is 2.23. The van der Waals surface area contributed by atoms with Crippen molar-refractivity contribution >= 4 is 7.85 Å². The fourth-order valence-corrected chi connectivity index (χ4v) is 2.60. The Morgan fingerprint density at radius 3 is 2.59 bits per heavy atom. The molecular weight excluding hydrogens is 209 g/mol. The number of hydrogen-bond acceptors (Lipinski definition) is 1. The summed E-state index contributed by atoms with van der Waals surface area (Å²) in [6.07, 6.45) is 0.946. The number of rotatable bonds is 2. The van der Waals surface area contributed by atoms with Crippen LogP contribution in [0, 0.1) is 6.57 Å². The van der Waals surface area contributed by atoms with E-state index in [0.717, 1.165) is 12.0 Å². The number of aliphatic hydroxyl groups is 1. The number of aryl methyl sites for hydroxylation is 1. The average Bonchev–Trinajstić information content (AvgIpc) is 2.65. The molecule has 1 aromatic carbocycles. The Kier molecular flexibility index (Phi) is 3.54. The lowest BCUT2D eigenvalue weighted by Crippen LogP contribution is -2.14. The van der Waals surface area contributed by atoms with E-state index in [2.05, 4.69) is 23.9 Å². The van der Waals surface area contributed by atoms with E-state index in [0.29, 0.717) is 6.42 Å². The molecule has 4 unspecified atom stereocenters. The van der Waals surface area contributed by atoms with Crippen LogP contribution in [0.4, 0.5) is 0 Å². The first-order chi connectivity index (χ1) is 8.17. The minimum Gasteiger partial charge on any atom is -0.393 e. The number of hydrogen-bond donors (Lipinski definition) is 1. The summed E-state index contributed by atoms with van der Waals surface area (Å²) < 4.78 is 0. The van der Waals surface area contributed by atoms with E-state index in [1.165, 1.54) is 5.56 Å². The molecular formula is C14H16BNO. The summed E-state index contributed by atoms with van der Waals surface area (Å²) in [4.78, 5) is 3.60. The van der Waals surface area contributed by atoms with Crippen LogP contribution in [-0.2, 0) is 6.42 Å². The van der Waals surface area contributed by atoms with Gasteiger partial charge in [-0.05, 0) is 23.4 Å². The average molecular weight is 225 g/mol. The zero-order valence-corrected chi connectivity index (χ0v) is 10.0. The Balaban J connectivity index is 2.28. The highest BCUT2D eigenvalue weighted by Crippen LogP contribution is 2.44. The fourth-order valence-electron chi connectivity index (χ4n) is 2.60. The molecule has 0 heterocycles. The monoisotopic (exact) mass is 225 g/mol. The maximum atomic E-state index is 9.76. The molecule has 0 bridgehead atoms. The quantitative estimate of drug-likeness (QED) is 0.606. The van der Waals surface area contributed by atoms with Crippen molar-refractivity contribution in [3.63, 3.8) is 0 Å². The Bertz CT molecular complexity index is 423. The van der Waals surface area contributed by atoms with Crippen LogP contribution in [0.2, 0.25) is 5.82 Å². The minimum absolute atomic E-state index is 0.0339. The van der Waals surface area contributed by atoms with Crippen LogP contribution in [0.3, 0.4) is 0 Å². The standard InChI is InChI=1S/C14H16BNO/c1-3-9-4-6-10(7-5-9)13-11(16-2)8-12(17)14(13)15/h4-7,11-14,17H,3,8H2,1H3. The van der Waals surface area contributed by atoms with Crippen molar-refractivity contribution in [2.75, 3.05) is 0 Å². The van der Waals surface area contributed by atoms with Crippen molar-refractivity contribution in [1.29, 1.82) is 0 Å². The van der Waals surface area contributed by atoms with Gasteiger partial charge in [0.05, 0.1) is 19.9 Å². The van der Waals surface area contributed by atoms with E-state index in [4.69, 9.17) is 14.4 Å². The van der Waals surface area contributed by atoms with Gasteiger partial charge in [-0.2, -0.15) is 0 Å². The molecule has 1 aromatic rings. The Morgan fingerprint density at radius 2 is 2.06 bits per heavy atom. The molecule has 1 aliphatic carbocycles. The maximum absolute atomic E-state index is 9.76. The lowest BCUT2D eigenvalue weighted by atomic mass is 9.73. The summed E-state index contributed by atoms with van der Waals surface area (Å²) in [6.45, 7) is 9.31.